The normalized spacial score (nSPS) is 10.6. The van der Waals surface area contributed by atoms with Gasteiger partial charge in [-0.3, -0.25) is 10.3 Å². The molecule has 96 valence electrons. The lowest BCUT2D eigenvalue weighted by Gasteiger charge is -2.18. The van der Waals surface area contributed by atoms with Crippen LogP contribution in [0.2, 0.25) is 0 Å². The summed E-state index contributed by atoms with van der Waals surface area (Å²) in [6.45, 7) is 1.30. The summed E-state index contributed by atoms with van der Waals surface area (Å²) < 4.78 is 0. The van der Waals surface area contributed by atoms with Gasteiger partial charge < -0.3 is 16.0 Å². The second kappa shape index (κ2) is 6.90. The van der Waals surface area contributed by atoms with E-state index < -0.39 is 0 Å². The number of nitrogens with one attached hydrogen (secondary N) is 2. The summed E-state index contributed by atoms with van der Waals surface area (Å²) >= 11 is 0. The topological polar surface area (TPSA) is 115 Å². The highest BCUT2D eigenvalue weighted by Gasteiger charge is 2.03. The van der Waals surface area contributed by atoms with Crippen molar-refractivity contribution in [1.29, 1.82) is 5.26 Å². The van der Waals surface area contributed by atoms with Crippen molar-refractivity contribution in [2.45, 2.75) is 0 Å². The fourth-order valence-electron chi connectivity index (χ4n) is 1.23. The quantitative estimate of drug-likeness (QED) is 0.275. The molecule has 0 aliphatic rings. The van der Waals surface area contributed by atoms with Gasteiger partial charge in [0.25, 0.3) is 0 Å². The number of hydrogen-bond donors (Lipinski definition) is 3. The largest absolute Gasteiger partial charge is 0.382 e. The predicted molar refractivity (Wildman–Crippen MR) is 69.8 cm³/mol. The van der Waals surface area contributed by atoms with E-state index in [1.54, 1.807) is 25.4 Å². The minimum absolute atomic E-state index is 0.392. The van der Waals surface area contributed by atoms with Gasteiger partial charge in [-0.15, -0.1) is 10.2 Å². The van der Waals surface area contributed by atoms with Crippen LogP contribution in [0.15, 0.2) is 17.1 Å². The van der Waals surface area contributed by atoms with Crippen LogP contribution in [-0.2, 0) is 0 Å². The van der Waals surface area contributed by atoms with Crippen molar-refractivity contribution in [2.75, 3.05) is 37.8 Å². The zero-order valence-electron chi connectivity index (χ0n) is 10.4. The van der Waals surface area contributed by atoms with Crippen molar-refractivity contribution in [3.8, 4) is 6.19 Å². The molecule has 0 bridgehead atoms. The van der Waals surface area contributed by atoms with Crippen molar-refractivity contribution < 1.29 is 0 Å². The van der Waals surface area contributed by atoms with Gasteiger partial charge in [0.05, 0.1) is 0 Å². The molecule has 0 atom stereocenters. The van der Waals surface area contributed by atoms with E-state index in [-0.39, 0.29) is 0 Å². The maximum absolute atomic E-state index is 8.46. The first-order valence-corrected chi connectivity index (χ1v) is 5.33. The van der Waals surface area contributed by atoms with Crippen molar-refractivity contribution in [2.24, 2.45) is 4.99 Å². The molecule has 0 fully saturated rings. The van der Waals surface area contributed by atoms with Gasteiger partial charge in [0.1, 0.15) is 5.82 Å². The third-order valence-corrected chi connectivity index (χ3v) is 2.20. The van der Waals surface area contributed by atoms with Gasteiger partial charge in [-0.25, -0.2) is 0 Å². The number of guanidine groups is 1. The first kappa shape index (κ1) is 13.5. The first-order valence-electron chi connectivity index (χ1n) is 5.33. The Labute approximate surface area is 106 Å². The molecule has 4 N–H and O–H groups in total. The monoisotopic (exact) mass is 248 g/mol. The maximum atomic E-state index is 8.46. The molecule has 1 rings (SSSR count). The Morgan fingerprint density at radius 2 is 2.33 bits per heavy atom. The summed E-state index contributed by atoms with van der Waals surface area (Å²) in [7, 11) is 3.49. The summed E-state index contributed by atoms with van der Waals surface area (Å²) in [6, 6.07) is 3.49. The number of anilines is 2. The Kier molecular flexibility index (Phi) is 5.18. The minimum Gasteiger partial charge on any atom is -0.382 e. The SMILES string of the molecule is CN=C(NC#N)NCCN(C)c1ccc(N)nn1. The number of likely N-dealkylation sites (N-methyl/N-ethyl adjacent to an activating group) is 1. The van der Waals surface area contributed by atoms with Crippen LogP contribution in [0.3, 0.4) is 0 Å². The predicted octanol–water partition coefficient (Wildman–Crippen LogP) is -0.859. The van der Waals surface area contributed by atoms with Crippen LogP contribution in [0.1, 0.15) is 0 Å². The third kappa shape index (κ3) is 4.13. The zero-order valence-corrected chi connectivity index (χ0v) is 10.4. The number of nitriles is 1. The molecule has 0 saturated heterocycles. The average Bonchev–Trinajstić information content (AvgIpc) is 2.38. The molecule has 0 amide bonds. The maximum Gasteiger partial charge on any atom is 0.204 e. The Balaban J connectivity index is 2.40. The van der Waals surface area contributed by atoms with Crippen LogP contribution in [-0.4, -0.2) is 43.3 Å². The van der Waals surface area contributed by atoms with E-state index in [0.29, 0.717) is 24.9 Å². The van der Waals surface area contributed by atoms with Crippen LogP contribution in [0.4, 0.5) is 11.6 Å². The van der Waals surface area contributed by atoms with E-state index in [2.05, 4.69) is 25.8 Å². The van der Waals surface area contributed by atoms with E-state index in [1.165, 1.54) is 0 Å². The molecule has 0 aliphatic carbocycles. The lowest BCUT2D eigenvalue weighted by atomic mass is 10.4. The molecule has 0 spiro atoms. The smallest absolute Gasteiger partial charge is 0.204 e. The molecule has 18 heavy (non-hydrogen) atoms. The van der Waals surface area contributed by atoms with Gasteiger partial charge in [-0.05, 0) is 12.1 Å². The summed E-state index contributed by atoms with van der Waals surface area (Å²) in [4.78, 5) is 5.78. The molecule has 0 saturated carbocycles. The molecule has 0 aliphatic heterocycles. The summed E-state index contributed by atoms with van der Waals surface area (Å²) in [5.74, 6) is 1.56. The van der Waals surface area contributed by atoms with Crippen molar-refractivity contribution in [3.05, 3.63) is 12.1 Å². The second-order valence-corrected chi connectivity index (χ2v) is 3.47. The van der Waals surface area contributed by atoms with Gasteiger partial charge in [0.2, 0.25) is 5.96 Å². The van der Waals surface area contributed by atoms with E-state index >= 15 is 0 Å². The van der Waals surface area contributed by atoms with E-state index in [4.69, 9.17) is 11.0 Å². The molecular weight excluding hydrogens is 232 g/mol. The van der Waals surface area contributed by atoms with Crippen LogP contribution >= 0.6 is 0 Å². The fraction of sp³-hybridized carbons (Fsp3) is 0.400. The highest BCUT2D eigenvalue weighted by atomic mass is 15.3. The number of nitrogens with zero attached hydrogens (tertiary/aromatic N) is 5. The second-order valence-electron chi connectivity index (χ2n) is 3.47. The lowest BCUT2D eigenvalue weighted by molar-refractivity contribution is 0.791. The number of aromatic nitrogens is 2. The van der Waals surface area contributed by atoms with Crippen molar-refractivity contribution in [1.82, 2.24) is 20.8 Å². The molecule has 1 heterocycles. The molecule has 0 aromatic carbocycles. The standard InChI is InChI=1S/C10H16N8/c1-13-10(15-7-11)14-5-6-18(2)9-4-3-8(12)16-17-9/h3-4H,5-6H2,1-2H3,(H2,12,16)(H2,13,14,15). The van der Waals surface area contributed by atoms with E-state index in [1.807, 2.05) is 11.9 Å². The number of nitrogens with two attached hydrogens (primary N) is 1. The Morgan fingerprint density at radius 1 is 1.56 bits per heavy atom. The number of rotatable bonds is 4. The number of hydrogen-bond acceptors (Lipinski definition) is 6. The van der Waals surface area contributed by atoms with Gasteiger partial charge in [0, 0.05) is 27.2 Å². The molecule has 0 unspecified atom stereocenters. The van der Waals surface area contributed by atoms with E-state index in [9.17, 15) is 0 Å². The summed E-state index contributed by atoms with van der Waals surface area (Å²) in [5, 5.41) is 21.6. The van der Waals surface area contributed by atoms with Crippen LogP contribution in [0.25, 0.3) is 0 Å². The first-order chi connectivity index (χ1) is 8.67. The third-order valence-electron chi connectivity index (χ3n) is 2.20. The highest BCUT2D eigenvalue weighted by molar-refractivity contribution is 5.80. The fourth-order valence-corrected chi connectivity index (χ4v) is 1.23. The average molecular weight is 248 g/mol. The van der Waals surface area contributed by atoms with Gasteiger partial charge in [0.15, 0.2) is 12.0 Å². The molecule has 1 aromatic rings. The Morgan fingerprint density at radius 3 is 2.89 bits per heavy atom. The van der Waals surface area contributed by atoms with Gasteiger partial charge in [-0.2, -0.15) is 5.26 Å². The summed E-state index contributed by atoms with van der Waals surface area (Å²) in [5.41, 5.74) is 5.46. The molecule has 8 heteroatoms. The molecule has 8 nitrogen and oxygen atoms in total. The van der Waals surface area contributed by atoms with Crippen LogP contribution < -0.4 is 21.3 Å². The lowest BCUT2D eigenvalue weighted by Crippen LogP contribution is -2.39. The van der Waals surface area contributed by atoms with Gasteiger partial charge >= 0.3 is 0 Å². The minimum atomic E-state index is 0.392. The van der Waals surface area contributed by atoms with E-state index in [0.717, 1.165) is 5.82 Å². The van der Waals surface area contributed by atoms with Crippen LogP contribution in [0.5, 0.6) is 0 Å². The molecule has 1 aromatic heterocycles. The zero-order chi connectivity index (χ0) is 13.4. The van der Waals surface area contributed by atoms with Crippen molar-refractivity contribution in [3.63, 3.8) is 0 Å². The summed E-state index contributed by atoms with van der Waals surface area (Å²) in [6.07, 6.45) is 1.80. The van der Waals surface area contributed by atoms with Crippen molar-refractivity contribution >= 4 is 17.6 Å². The molecular formula is C10H16N8. The Hall–Kier alpha value is -2.56. The highest BCUT2D eigenvalue weighted by Crippen LogP contribution is 2.06. The van der Waals surface area contributed by atoms with Gasteiger partial charge in [-0.1, -0.05) is 0 Å². The molecule has 0 radical (unpaired) electrons. The Bertz CT molecular complexity index is 432. The van der Waals surface area contributed by atoms with Crippen LogP contribution in [0, 0.1) is 11.5 Å². The number of aliphatic imine (C=N–C) groups is 1. The number of nitrogen functional groups attached to an aromatic ring is 1.